The van der Waals surface area contributed by atoms with Gasteiger partial charge in [0.25, 0.3) is 0 Å². The Kier molecular flexibility index (Phi) is 3.77. The Hall–Kier alpha value is -2.10. The van der Waals surface area contributed by atoms with Crippen LogP contribution in [0.1, 0.15) is 22.3 Å². The Labute approximate surface area is 106 Å². The Balaban J connectivity index is 1.99. The van der Waals surface area contributed by atoms with E-state index in [0.717, 1.165) is 25.1 Å². The Morgan fingerprint density at radius 3 is 2.39 bits per heavy atom. The molecular weight excluding hydrogens is 230 g/mol. The maximum absolute atomic E-state index is 11.6. The number of esters is 1. The molecule has 1 saturated heterocycles. The van der Waals surface area contributed by atoms with Crippen molar-refractivity contribution < 1.29 is 14.3 Å². The van der Waals surface area contributed by atoms with Gasteiger partial charge in [-0.05, 0) is 30.2 Å². The van der Waals surface area contributed by atoms with E-state index < -0.39 is 0 Å². The van der Waals surface area contributed by atoms with Crippen LogP contribution in [0.3, 0.4) is 0 Å². The quantitative estimate of drug-likeness (QED) is 0.601. The minimum absolute atomic E-state index is 0.0401. The number of hydrogen-bond donors (Lipinski definition) is 0. The normalized spacial score (nSPS) is 14.4. The lowest BCUT2D eigenvalue weighted by Crippen LogP contribution is -2.40. The van der Waals surface area contributed by atoms with Crippen LogP contribution in [-0.2, 0) is 9.53 Å². The van der Waals surface area contributed by atoms with Gasteiger partial charge in [0.15, 0.2) is 0 Å². The van der Waals surface area contributed by atoms with Crippen molar-refractivity contribution in [2.24, 2.45) is 0 Å². The molecule has 4 nitrogen and oxygen atoms in total. The van der Waals surface area contributed by atoms with Crippen LogP contribution in [0.2, 0.25) is 0 Å². The molecule has 1 aromatic rings. The maximum Gasteiger partial charge on any atom is 0.337 e. The third kappa shape index (κ3) is 2.77. The summed E-state index contributed by atoms with van der Waals surface area (Å²) in [4.78, 5) is 24.6. The average Bonchev–Trinajstić information content (AvgIpc) is 2.34. The lowest BCUT2D eigenvalue weighted by Gasteiger charge is -2.29. The highest BCUT2D eigenvalue weighted by molar-refractivity contribution is 5.93. The van der Waals surface area contributed by atoms with Crippen molar-refractivity contribution in [1.82, 2.24) is 4.90 Å². The first-order chi connectivity index (χ1) is 8.70. The largest absolute Gasteiger partial charge is 0.465 e. The monoisotopic (exact) mass is 245 g/mol. The highest BCUT2D eigenvalue weighted by Gasteiger charge is 2.17. The van der Waals surface area contributed by atoms with Gasteiger partial charge in [0.2, 0.25) is 5.91 Å². The lowest BCUT2D eigenvalue weighted by atomic mass is 10.1. The predicted molar refractivity (Wildman–Crippen MR) is 68.0 cm³/mol. The Morgan fingerprint density at radius 2 is 1.89 bits per heavy atom. The summed E-state index contributed by atoms with van der Waals surface area (Å²) < 4.78 is 4.61. The van der Waals surface area contributed by atoms with Crippen molar-refractivity contribution in [1.29, 1.82) is 0 Å². The molecule has 2 rings (SSSR count). The van der Waals surface area contributed by atoms with E-state index in [1.165, 1.54) is 7.11 Å². The molecule has 0 aromatic heterocycles. The molecule has 18 heavy (non-hydrogen) atoms. The molecule has 1 heterocycles. The van der Waals surface area contributed by atoms with Crippen molar-refractivity contribution in [3.8, 4) is 0 Å². The second kappa shape index (κ2) is 5.49. The van der Waals surface area contributed by atoms with Crippen molar-refractivity contribution in [3.63, 3.8) is 0 Å². The number of carbonyl (C=O) groups is 2. The molecule has 1 aliphatic heterocycles. The molecule has 0 N–H and O–H groups in total. The number of ether oxygens (including phenoxy) is 1. The van der Waals surface area contributed by atoms with Crippen LogP contribution in [0, 0.1) is 0 Å². The molecule has 1 aliphatic rings. The predicted octanol–water partition coefficient (Wildman–Crippen LogP) is 1.72. The summed E-state index contributed by atoms with van der Waals surface area (Å²) in [5.41, 5.74) is 1.39. The summed E-state index contributed by atoms with van der Waals surface area (Å²) in [7, 11) is 1.35. The standard InChI is InChI=1S/C14H15NO3/c1-18-14(17)12-6-3-11(4-7-12)5-8-13(16)15-9-2-10-15/h3-8H,2,9-10H2,1H3/b8-5+. The maximum atomic E-state index is 11.6. The fourth-order valence-electron chi connectivity index (χ4n) is 1.66. The van der Waals surface area contributed by atoms with Crippen molar-refractivity contribution in [3.05, 3.63) is 41.5 Å². The van der Waals surface area contributed by atoms with Crippen molar-refractivity contribution in [2.75, 3.05) is 20.2 Å². The highest BCUT2D eigenvalue weighted by Crippen LogP contribution is 2.10. The third-order valence-corrected chi connectivity index (χ3v) is 2.92. The van der Waals surface area contributed by atoms with E-state index in [0.29, 0.717) is 5.56 Å². The molecule has 0 aliphatic carbocycles. The van der Waals surface area contributed by atoms with Gasteiger partial charge in [0.1, 0.15) is 0 Å². The Bertz CT molecular complexity index is 472. The van der Waals surface area contributed by atoms with E-state index >= 15 is 0 Å². The smallest absolute Gasteiger partial charge is 0.337 e. The third-order valence-electron chi connectivity index (χ3n) is 2.92. The van der Waals surface area contributed by atoms with E-state index in [1.807, 2.05) is 0 Å². The second-order valence-corrected chi connectivity index (χ2v) is 4.13. The Morgan fingerprint density at radius 1 is 1.22 bits per heavy atom. The summed E-state index contributed by atoms with van der Waals surface area (Å²) in [6, 6.07) is 6.93. The first kappa shape index (κ1) is 12.4. The number of rotatable bonds is 3. The SMILES string of the molecule is COC(=O)c1ccc(/C=C/C(=O)N2CCC2)cc1. The minimum atomic E-state index is -0.359. The van der Waals surface area contributed by atoms with E-state index in [9.17, 15) is 9.59 Å². The van der Waals surface area contributed by atoms with Crippen LogP contribution in [0.4, 0.5) is 0 Å². The summed E-state index contributed by atoms with van der Waals surface area (Å²) in [5.74, 6) is -0.319. The van der Waals surface area contributed by atoms with Crippen molar-refractivity contribution in [2.45, 2.75) is 6.42 Å². The zero-order chi connectivity index (χ0) is 13.0. The summed E-state index contributed by atoms with van der Waals surface area (Å²) in [5, 5.41) is 0. The molecule has 0 spiro atoms. The van der Waals surface area contributed by atoms with Gasteiger partial charge < -0.3 is 9.64 Å². The van der Waals surface area contributed by atoms with E-state index in [4.69, 9.17) is 0 Å². The van der Waals surface area contributed by atoms with Gasteiger partial charge in [-0.25, -0.2) is 4.79 Å². The number of hydrogen-bond acceptors (Lipinski definition) is 3. The molecule has 4 heteroatoms. The van der Waals surface area contributed by atoms with Crippen LogP contribution >= 0.6 is 0 Å². The number of methoxy groups -OCH3 is 1. The van der Waals surface area contributed by atoms with E-state index in [2.05, 4.69) is 4.74 Å². The van der Waals surface area contributed by atoms with Crippen LogP contribution in [0.25, 0.3) is 6.08 Å². The first-order valence-electron chi connectivity index (χ1n) is 5.86. The molecule has 0 bridgehead atoms. The molecule has 0 saturated carbocycles. The molecule has 94 valence electrons. The summed E-state index contributed by atoms with van der Waals surface area (Å²) >= 11 is 0. The van der Waals surface area contributed by atoms with Crippen LogP contribution in [0.15, 0.2) is 30.3 Å². The average molecular weight is 245 g/mol. The van der Waals surface area contributed by atoms with Crippen LogP contribution in [0.5, 0.6) is 0 Å². The van der Waals surface area contributed by atoms with E-state index in [-0.39, 0.29) is 11.9 Å². The molecule has 1 fully saturated rings. The lowest BCUT2D eigenvalue weighted by molar-refractivity contribution is -0.129. The number of carbonyl (C=O) groups excluding carboxylic acids is 2. The number of benzene rings is 1. The van der Waals surface area contributed by atoms with Gasteiger partial charge >= 0.3 is 5.97 Å². The fourth-order valence-corrected chi connectivity index (χ4v) is 1.66. The van der Waals surface area contributed by atoms with Gasteiger partial charge in [-0.3, -0.25) is 4.79 Å². The number of amides is 1. The number of nitrogens with zero attached hydrogens (tertiary/aromatic N) is 1. The molecule has 1 aromatic carbocycles. The molecule has 0 radical (unpaired) electrons. The zero-order valence-corrected chi connectivity index (χ0v) is 10.3. The van der Waals surface area contributed by atoms with E-state index in [1.54, 1.807) is 41.3 Å². The molecule has 1 amide bonds. The van der Waals surface area contributed by atoms with Gasteiger partial charge in [-0.2, -0.15) is 0 Å². The summed E-state index contributed by atoms with van der Waals surface area (Å²) in [6.45, 7) is 1.70. The van der Waals surface area contributed by atoms with Gasteiger partial charge in [0, 0.05) is 19.2 Å². The van der Waals surface area contributed by atoms with Crippen LogP contribution < -0.4 is 0 Å². The second-order valence-electron chi connectivity index (χ2n) is 4.13. The number of likely N-dealkylation sites (tertiary alicyclic amines) is 1. The summed E-state index contributed by atoms with van der Waals surface area (Å²) in [6.07, 6.45) is 4.40. The van der Waals surface area contributed by atoms with Crippen molar-refractivity contribution >= 4 is 18.0 Å². The molecule has 0 atom stereocenters. The molecular formula is C14H15NO3. The zero-order valence-electron chi connectivity index (χ0n) is 10.3. The van der Waals surface area contributed by atoms with Crippen LogP contribution in [-0.4, -0.2) is 37.0 Å². The van der Waals surface area contributed by atoms with Gasteiger partial charge in [-0.1, -0.05) is 12.1 Å². The van der Waals surface area contributed by atoms with Gasteiger partial charge in [-0.15, -0.1) is 0 Å². The topological polar surface area (TPSA) is 46.6 Å². The first-order valence-corrected chi connectivity index (χ1v) is 5.86. The minimum Gasteiger partial charge on any atom is -0.465 e. The molecule has 0 unspecified atom stereocenters. The highest BCUT2D eigenvalue weighted by atomic mass is 16.5. The van der Waals surface area contributed by atoms with Gasteiger partial charge in [0.05, 0.1) is 12.7 Å². The fraction of sp³-hybridized carbons (Fsp3) is 0.286.